The van der Waals surface area contributed by atoms with Crippen LogP contribution >= 0.6 is 0 Å². The third-order valence-electron chi connectivity index (χ3n) is 5.29. The molecule has 168 valence electrons. The van der Waals surface area contributed by atoms with E-state index in [2.05, 4.69) is 4.90 Å². The second-order valence-electron chi connectivity index (χ2n) is 7.45. The van der Waals surface area contributed by atoms with Gasteiger partial charge < -0.3 is 19.2 Å². The molecule has 1 spiro atoms. The molecule has 0 atom stereocenters. The first-order chi connectivity index (χ1) is 14.7. The molecule has 2 aromatic rings. The van der Waals surface area contributed by atoms with Gasteiger partial charge in [-0.3, -0.25) is 9.69 Å². The maximum Gasteiger partial charge on any atom is 0.490 e. The molecule has 0 unspecified atom stereocenters. The number of ether oxygens (including phenoxy) is 1. The first-order valence-electron chi connectivity index (χ1n) is 9.73. The third-order valence-corrected chi connectivity index (χ3v) is 5.29. The average Bonchev–Trinajstić information content (AvgIpc) is 3.25. The fourth-order valence-corrected chi connectivity index (χ4v) is 3.60. The van der Waals surface area contributed by atoms with E-state index >= 15 is 0 Å². The Balaban J connectivity index is 0.000000339. The van der Waals surface area contributed by atoms with Crippen molar-refractivity contribution < 1.29 is 37.0 Å². The summed E-state index contributed by atoms with van der Waals surface area (Å²) < 4.78 is 43.2. The fraction of sp³-hybridized carbons (Fsp3) is 0.429. The van der Waals surface area contributed by atoms with E-state index < -0.39 is 12.1 Å². The van der Waals surface area contributed by atoms with Crippen molar-refractivity contribution in [2.75, 3.05) is 31.1 Å². The van der Waals surface area contributed by atoms with Crippen molar-refractivity contribution in [3.05, 3.63) is 54.5 Å². The van der Waals surface area contributed by atoms with Crippen LogP contribution in [-0.2, 0) is 20.9 Å². The maximum atomic E-state index is 12.3. The van der Waals surface area contributed by atoms with Gasteiger partial charge in [-0.25, -0.2) is 4.79 Å². The Bertz CT molecular complexity index is 863. The van der Waals surface area contributed by atoms with E-state index in [0.29, 0.717) is 6.54 Å². The first-order valence-corrected chi connectivity index (χ1v) is 9.73. The normalized spacial score (nSPS) is 19.1. The molecule has 10 heteroatoms. The summed E-state index contributed by atoms with van der Waals surface area (Å²) in [6.07, 6.45) is -1.50. The summed E-state index contributed by atoms with van der Waals surface area (Å²) in [5.41, 5.74) is 0.742. The van der Waals surface area contributed by atoms with E-state index in [4.69, 9.17) is 19.1 Å². The van der Waals surface area contributed by atoms with Gasteiger partial charge in [-0.2, -0.15) is 13.2 Å². The molecule has 0 aliphatic carbocycles. The van der Waals surface area contributed by atoms with E-state index in [1.165, 1.54) is 0 Å². The zero-order valence-electron chi connectivity index (χ0n) is 16.7. The van der Waals surface area contributed by atoms with Crippen LogP contribution in [0.15, 0.2) is 53.1 Å². The predicted octanol–water partition coefficient (Wildman–Crippen LogP) is 3.31. The summed E-state index contributed by atoms with van der Waals surface area (Å²) >= 11 is 0. The van der Waals surface area contributed by atoms with Crippen molar-refractivity contribution in [3.63, 3.8) is 0 Å². The summed E-state index contributed by atoms with van der Waals surface area (Å²) in [6, 6.07) is 13.8. The molecule has 2 aliphatic rings. The van der Waals surface area contributed by atoms with Gasteiger partial charge in [0.05, 0.1) is 25.0 Å². The minimum Gasteiger partial charge on any atom is -0.475 e. The van der Waals surface area contributed by atoms with Gasteiger partial charge in [0.25, 0.3) is 5.91 Å². The topological polar surface area (TPSA) is 83.2 Å². The summed E-state index contributed by atoms with van der Waals surface area (Å²) in [5.74, 6) is -1.71. The number of likely N-dealkylation sites (tertiary alicyclic amines) is 1. The molecule has 31 heavy (non-hydrogen) atoms. The van der Waals surface area contributed by atoms with E-state index in [0.717, 1.165) is 43.9 Å². The number of halogens is 3. The summed E-state index contributed by atoms with van der Waals surface area (Å²) in [6.45, 7) is 3.57. The minimum absolute atomic E-state index is 0.0461. The fourth-order valence-electron chi connectivity index (χ4n) is 3.60. The number of aliphatic carboxylic acids is 1. The van der Waals surface area contributed by atoms with Crippen molar-refractivity contribution in [1.29, 1.82) is 0 Å². The molecule has 0 radical (unpaired) electrons. The number of carbonyl (C=O) groups is 2. The zero-order chi connectivity index (χ0) is 22.5. The van der Waals surface area contributed by atoms with Gasteiger partial charge in [0, 0.05) is 18.8 Å². The summed E-state index contributed by atoms with van der Waals surface area (Å²) in [5, 5.41) is 7.12. The number of furan rings is 1. The van der Waals surface area contributed by atoms with Gasteiger partial charge in [0.2, 0.25) is 0 Å². The lowest BCUT2D eigenvalue weighted by Crippen LogP contribution is -2.58. The number of piperidine rings is 1. The highest BCUT2D eigenvalue weighted by Crippen LogP contribution is 2.33. The second-order valence-corrected chi connectivity index (χ2v) is 7.45. The number of carboxylic acids is 1. The second kappa shape index (κ2) is 9.52. The van der Waals surface area contributed by atoms with Gasteiger partial charge in [-0.1, -0.05) is 18.2 Å². The minimum atomic E-state index is -5.08. The highest BCUT2D eigenvalue weighted by molar-refractivity contribution is 5.95. The van der Waals surface area contributed by atoms with Gasteiger partial charge in [-0.05, 0) is 37.1 Å². The number of anilines is 1. The molecule has 1 N–H and O–H groups in total. The number of carboxylic acid groups (broad SMARTS) is 1. The van der Waals surface area contributed by atoms with Crippen LogP contribution in [0.4, 0.5) is 18.9 Å². The van der Waals surface area contributed by atoms with Crippen LogP contribution < -0.4 is 4.90 Å². The molecule has 4 rings (SSSR count). The quantitative estimate of drug-likeness (QED) is 0.789. The highest BCUT2D eigenvalue weighted by atomic mass is 19.4. The molecular weight excluding hydrogens is 417 g/mol. The van der Waals surface area contributed by atoms with Crippen LogP contribution in [0.2, 0.25) is 0 Å². The number of amides is 1. The van der Waals surface area contributed by atoms with Gasteiger partial charge in [0.15, 0.2) is 0 Å². The standard InChI is InChI=1S/C19H22N2O3.C2HF3O2/c22-18-14-24-19(15-21(18)16-5-2-1-3-6-16)8-10-20(11-9-19)13-17-7-4-12-23-17;3-2(4,5)1(6)7/h1-7,12H,8-11,13-15H2;(H,6,7). The van der Waals surface area contributed by atoms with Crippen molar-refractivity contribution in [2.24, 2.45) is 0 Å². The van der Waals surface area contributed by atoms with E-state index in [9.17, 15) is 18.0 Å². The molecule has 7 nitrogen and oxygen atoms in total. The van der Waals surface area contributed by atoms with Gasteiger partial charge >= 0.3 is 12.1 Å². The van der Waals surface area contributed by atoms with E-state index in [-0.39, 0.29) is 18.1 Å². The molecule has 1 aromatic carbocycles. The SMILES string of the molecule is O=C(O)C(F)(F)F.O=C1COC2(CCN(Cc3ccco3)CC2)CN1c1ccccc1. The van der Waals surface area contributed by atoms with E-state index in [1.807, 2.05) is 47.4 Å². The molecule has 2 aliphatic heterocycles. The van der Waals surface area contributed by atoms with Gasteiger partial charge in [0.1, 0.15) is 12.4 Å². The smallest absolute Gasteiger partial charge is 0.475 e. The monoisotopic (exact) mass is 440 g/mol. The number of nitrogens with zero attached hydrogens (tertiary/aromatic N) is 2. The number of benzene rings is 1. The van der Waals surface area contributed by atoms with Gasteiger partial charge in [-0.15, -0.1) is 0 Å². The summed E-state index contributed by atoms with van der Waals surface area (Å²) in [4.78, 5) is 25.4. The Labute approximate surface area is 177 Å². The molecule has 0 saturated carbocycles. The van der Waals surface area contributed by atoms with Crippen LogP contribution in [0.3, 0.4) is 0 Å². The Kier molecular flexibility index (Phi) is 7.01. The first kappa shape index (κ1) is 22.8. The van der Waals surface area contributed by atoms with Crippen LogP contribution in [0.25, 0.3) is 0 Å². The number of rotatable bonds is 3. The number of hydrogen-bond donors (Lipinski definition) is 1. The van der Waals surface area contributed by atoms with Crippen LogP contribution in [0, 0.1) is 0 Å². The Morgan fingerprint density at radius 2 is 1.74 bits per heavy atom. The predicted molar refractivity (Wildman–Crippen MR) is 104 cm³/mol. The summed E-state index contributed by atoms with van der Waals surface area (Å²) in [7, 11) is 0. The molecule has 0 bridgehead atoms. The molecular formula is C21H23F3N2O5. The Morgan fingerprint density at radius 1 is 1.10 bits per heavy atom. The van der Waals surface area contributed by atoms with Crippen molar-refractivity contribution >= 4 is 17.6 Å². The molecule has 3 heterocycles. The van der Waals surface area contributed by atoms with Crippen LogP contribution in [0.5, 0.6) is 0 Å². The Hall–Kier alpha value is -2.85. The lowest BCUT2D eigenvalue weighted by atomic mass is 9.89. The average molecular weight is 440 g/mol. The molecule has 1 amide bonds. The lowest BCUT2D eigenvalue weighted by molar-refractivity contribution is -0.192. The molecule has 1 aromatic heterocycles. The van der Waals surface area contributed by atoms with Crippen molar-refractivity contribution in [3.8, 4) is 0 Å². The van der Waals surface area contributed by atoms with Crippen LogP contribution in [0.1, 0.15) is 18.6 Å². The van der Waals surface area contributed by atoms with Crippen molar-refractivity contribution in [1.82, 2.24) is 4.90 Å². The van der Waals surface area contributed by atoms with Crippen LogP contribution in [-0.4, -0.2) is 59.9 Å². The zero-order valence-corrected chi connectivity index (χ0v) is 16.7. The highest BCUT2D eigenvalue weighted by Gasteiger charge is 2.42. The number of morpholine rings is 1. The number of hydrogen-bond acceptors (Lipinski definition) is 5. The third kappa shape index (κ3) is 6.08. The number of para-hydroxylation sites is 1. The molecule has 2 saturated heterocycles. The Morgan fingerprint density at radius 3 is 2.29 bits per heavy atom. The van der Waals surface area contributed by atoms with Crippen molar-refractivity contribution in [2.45, 2.75) is 31.2 Å². The largest absolute Gasteiger partial charge is 0.490 e. The maximum absolute atomic E-state index is 12.3. The lowest BCUT2D eigenvalue weighted by Gasteiger charge is -2.46. The number of alkyl halides is 3. The number of carbonyl (C=O) groups excluding carboxylic acids is 1. The van der Waals surface area contributed by atoms with E-state index in [1.54, 1.807) is 6.26 Å². The molecule has 2 fully saturated rings.